The number of anilines is 1. The van der Waals surface area contributed by atoms with Gasteiger partial charge in [0.25, 0.3) is 5.91 Å². The van der Waals surface area contributed by atoms with Crippen molar-refractivity contribution in [2.75, 3.05) is 18.1 Å². The molecule has 44 heavy (non-hydrogen) atoms. The predicted molar refractivity (Wildman–Crippen MR) is 166 cm³/mol. The summed E-state index contributed by atoms with van der Waals surface area (Å²) in [6.45, 7) is 4.03. The predicted octanol–water partition coefficient (Wildman–Crippen LogP) is 4.82. The van der Waals surface area contributed by atoms with Gasteiger partial charge in [0.05, 0.1) is 52.2 Å². The number of hydrogen-bond acceptors (Lipinski definition) is 9. The molecule has 4 aromatic heterocycles. The van der Waals surface area contributed by atoms with Crippen LogP contribution < -0.4 is 15.0 Å². The normalized spacial score (nSPS) is 19.9. The molecule has 0 spiro atoms. The zero-order valence-corrected chi connectivity index (χ0v) is 25.5. The van der Waals surface area contributed by atoms with Gasteiger partial charge in [-0.3, -0.25) is 9.78 Å². The van der Waals surface area contributed by atoms with E-state index >= 15 is 0 Å². The van der Waals surface area contributed by atoms with E-state index < -0.39 is 5.60 Å². The second kappa shape index (κ2) is 12.4. The molecule has 11 nitrogen and oxygen atoms in total. The van der Waals surface area contributed by atoms with E-state index in [4.69, 9.17) is 26.3 Å². The summed E-state index contributed by atoms with van der Waals surface area (Å²) in [6, 6.07) is 8.12. The number of ether oxygens (including phenoxy) is 1. The van der Waals surface area contributed by atoms with Gasteiger partial charge in [-0.05, 0) is 76.5 Å². The molecule has 2 bridgehead atoms. The average molecular weight is 615 g/mol. The third-order valence-corrected chi connectivity index (χ3v) is 8.67. The van der Waals surface area contributed by atoms with Crippen LogP contribution >= 0.6 is 11.6 Å². The van der Waals surface area contributed by atoms with Crippen LogP contribution in [0.25, 0.3) is 16.8 Å². The van der Waals surface area contributed by atoms with Crippen molar-refractivity contribution < 1.29 is 14.6 Å². The quantitative estimate of drug-likeness (QED) is 0.271. The van der Waals surface area contributed by atoms with Gasteiger partial charge in [-0.15, -0.1) is 0 Å². The number of amides is 1. The van der Waals surface area contributed by atoms with Gasteiger partial charge in [0.15, 0.2) is 0 Å². The maximum absolute atomic E-state index is 12.5. The Morgan fingerprint density at radius 3 is 2.68 bits per heavy atom. The molecule has 2 aliphatic heterocycles. The highest BCUT2D eigenvalue weighted by atomic mass is 35.5. The molecular formula is C32H35ClN8O3. The minimum atomic E-state index is -1.01. The summed E-state index contributed by atoms with van der Waals surface area (Å²) in [4.78, 5) is 28.7. The standard InChI is InChI=1S/C32H35ClN8O3/c1-32(2,43)19-44-24-13-25(30-21(14-34)15-39-40(30)18-24)27-16-38-28(17-37-27)41-22-5-3-6-23(41)12-20(11-22)8-10-36-31(42)29-26(33)7-4-9-35-29/h4,7,9,13,15-18,20,22-23,43H,3,5-6,8,10-12,19H2,1-2H3,(H,36,42). The van der Waals surface area contributed by atoms with Crippen LogP contribution in [0.2, 0.25) is 5.02 Å². The highest BCUT2D eigenvalue weighted by Gasteiger charge is 2.39. The summed E-state index contributed by atoms with van der Waals surface area (Å²) in [7, 11) is 0. The van der Waals surface area contributed by atoms with E-state index in [9.17, 15) is 15.2 Å². The lowest BCUT2D eigenvalue weighted by Gasteiger charge is -2.49. The molecule has 6 heterocycles. The first kappa shape index (κ1) is 29.8. The van der Waals surface area contributed by atoms with E-state index in [1.54, 1.807) is 49.1 Å². The van der Waals surface area contributed by atoms with Crippen LogP contribution in [-0.4, -0.2) is 66.4 Å². The molecule has 2 aliphatic rings. The second-order valence-corrected chi connectivity index (χ2v) is 12.7. The molecule has 2 unspecified atom stereocenters. The van der Waals surface area contributed by atoms with E-state index in [0.717, 1.165) is 37.9 Å². The number of nitriles is 1. The monoisotopic (exact) mass is 614 g/mol. The number of rotatable bonds is 9. The maximum Gasteiger partial charge on any atom is 0.271 e. The highest BCUT2D eigenvalue weighted by molar-refractivity contribution is 6.33. The molecule has 0 aromatic carbocycles. The zero-order valence-electron chi connectivity index (χ0n) is 24.8. The van der Waals surface area contributed by atoms with E-state index in [-0.39, 0.29) is 18.2 Å². The van der Waals surface area contributed by atoms with Crippen molar-refractivity contribution in [1.82, 2.24) is 29.9 Å². The fraction of sp³-hybridized carbons (Fsp3) is 0.438. The molecule has 4 aromatic rings. The maximum atomic E-state index is 12.5. The third-order valence-electron chi connectivity index (χ3n) is 8.36. The molecule has 12 heteroatoms. The van der Waals surface area contributed by atoms with Gasteiger partial charge in [0.2, 0.25) is 0 Å². The minimum Gasteiger partial charge on any atom is -0.489 e. The van der Waals surface area contributed by atoms with Crippen LogP contribution in [0.1, 0.15) is 68.4 Å². The summed E-state index contributed by atoms with van der Waals surface area (Å²) in [5.41, 5.74) is 1.59. The lowest BCUT2D eigenvalue weighted by molar-refractivity contribution is 0.0283. The van der Waals surface area contributed by atoms with Crippen molar-refractivity contribution in [2.45, 2.75) is 70.1 Å². The van der Waals surface area contributed by atoms with E-state index in [2.05, 4.69) is 26.4 Å². The van der Waals surface area contributed by atoms with Gasteiger partial charge >= 0.3 is 0 Å². The fourth-order valence-corrected chi connectivity index (χ4v) is 6.64. The number of pyridine rings is 2. The number of hydrogen-bond donors (Lipinski definition) is 2. The third kappa shape index (κ3) is 6.32. The van der Waals surface area contributed by atoms with E-state index in [0.29, 0.717) is 57.7 Å². The Morgan fingerprint density at radius 2 is 2.00 bits per heavy atom. The van der Waals surface area contributed by atoms with Gasteiger partial charge in [-0.1, -0.05) is 11.6 Å². The SMILES string of the molecule is CC(C)(O)COc1cc(-c2cnc(N3C4CCCC3CC(CCNC(=O)c3ncccc3Cl)C4)cn2)c2c(C#N)cnn2c1. The Morgan fingerprint density at radius 1 is 1.20 bits per heavy atom. The number of nitrogens with zero attached hydrogens (tertiary/aromatic N) is 7. The van der Waals surface area contributed by atoms with Crippen LogP contribution in [0, 0.1) is 17.2 Å². The fourth-order valence-electron chi connectivity index (χ4n) is 6.44. The van der Waals surface area contributed by atoms with Gasteiger partial charge in [-0.25, -0.2) is 14.5 Å². The van der Waals surface area contributed by atoms with Gasteiger partial charge in [0, 0.05) is 30.4 Å². The number of piperidine rings is 2. The molecule has 1 amide bonds. The summed E-state index contributed by atoms with van der Waals surface area (Å²) in [5.74, 6) is 1.61. The number of aliphatic hydroxyl groups is 1. The molecule has 228 valence electrons. The van der Waals surface area contributed by atoms with Crippen LogP contribution in [0.4, 0.5) is 5.82 Å². The second-order valence-electron chi connectivity index (χ2n) is 12.3. The molecule has 2 N–H and O–H groups in total. The Balaban J connectivity index is 1.16. The summed E-state index contributed by atoms with van der Waals surface area (Å²) in [6.07, 6.45) is 14.7. The number of fused-ring (bicyclic) bond motifs is 3. The zero-order chi connectivity index (χ0) is 30.8. The largest absolute Gasteiger partial charge is 0.489 e. The van der Waals surface area contributed by atoms with Crippen molar-refractivity contribution in [3.8, 4) is 23.1 Å². The van der Waals surface area contributed by atoms with Crippen molar-refractivity contribution >= 4 is 28.8 Å². The number of carbonyl (C=O) groups is 1. The van der Waals surface area contributed by atoms with Crippen molar-refractivity contribution in [2.24, 2.45) is 5.92 Å². The lowest BCUT2D eigenvalue weighted by atomic mass is 9.77. The van der Waals surface area contributed by atoms with Crippen LogP contribution in [0.15, 0.2) is 49.2 Å². The molecule has 2 saturated heterocycles. The summed E-state index contributed by atoms with van der Waals surface area (Å²) >= 11 is 6.13. The highest BCUT2D eigenvalue weighted by Crippen LogP contribution is 2.40. The Hall–Kier alpha value is -4.27. The number of halogens is 1. The minimum absolute atomic E-state index is 0.0959. The van der Waals surface area contributed by atoms with Crippen molar-refractivity contribution in [3.05, 3.63) is 65.5 Å². The first-order valence-electron chi connectivity index (χ1n) is 15.0. The summed E-state index contributed by atoms with van der Waals surface area (Å²) in [5, 5.41) is 27.5. The Kier molecular flexibility index (Phi) is 8.38. The first-order chi connectivity index (χ1) is 21.2. The number of aromatic nitrogens is 5. The average Bonchev–Trinajstić information content (AvgIpc) is 3.42. The van der Waals surface area contributed by atoms with Crippen LogP contribution in [0.3, 0.4) is 0 Å². The Bertz CT molecular complexity index is 1680. The molecule has 0 aliphatic carbocycles. The molecule has 0 radical (unpaired) electrons. The molecule has 6 rings (SSSR count). The first-order valence-corrected chi connectivity index (χ1v) is 15.3. The van der Waals surface area contributed by atoms with Gasteiger partial charge in [0.1, 0.15) is 29.9 Å². The van der Waals surface area contributed by atoms with Crippen molar-refractivity contribution in [1.29, 1.82) is 5.26 Å². The number of nitrogens with one attached hydrogen (secondary N) is 1. The van der Waals surface area contributed by atoms with Gasteiger partial charge in [-0.2, -0.15) is 10.4 Å². The smallest absolute Gasteiger partial charge is 0.271 e. The molecule has 2 atom stereocenters. The summed E-state index contributed by atoms with van der Waals surface area (Å²) < 4.78 is 7.45. The van der Waals surface area contributed by atoms with Crippen LogP contribution in [0.5, 0.6) is 5.75 Å². The van der Waals surface area contributed by atoms with E-state index in [1.807, 2.05) is 12.3 Å². The van der Waals surface area contributed by atoms with Gasteiger partial charge < -0.3 is 20.1 Å². The molecule has 0 saturated carbocycles. The lowest BCUT2D eigenvalue weighted by Crippen LogP contribution is -2.53. The Labute approximate surface area is 260 Å². The van der Waals surface area contributed by atoms with Crippen molar-refractivity contribution in [3.63, 3.8) is 0 Å². The van der Waals surface area contributed by atoms with Crippen LogP contribution in [-0.2, 0) is 0 Å². The molecular weight excluding hydrogens is 580 g/mol. The number of carbonyl (C=O) groups excluding carboxylic acids is 1. The topological polar surface area (TPSA) is 142 Å². The van der Waals surface area contributed by atoms with E-state index in [1.165, 1.54) is 12.6 Å². The molecule has 2 fully saturated rings.